The van der Waals surface area contributed by atoms with Gasteiger partial charge in [-0.05, 0) is 25.5 Å². The van der Waals surface area contributed by atoms with E-state index in [0.29, 0.717) is 24.1 Å². The Morgan fingerprint density at radius 1 is 1.56 bits per heavy atom. The minimum atomic E-state index is 0.0385. The minimum absolute atomic E-state index is 0.0385. The first-order valence-corrected chi connectivity index (χ1v) is 6.31. The zero-order valence-electron chi connectivity index (χ0n) is 10.8. The predicted molar refractivity (Wildman–Crippen MR) is 69.6 cm³/mol. The highest BCUT2D eigenvalue weighted by atomic mass is 16.5. The van der Waals surface area contributed by atoms with Crippen LogP contribution >= 0.6 is 0 Å². The quantitative estimate of drug-likeness (QED) is 0.843. The molecule has 0 unspecified atom stereocenters. The Morgan fingerprint density at radius 2 is 2.39 bits per heavy atom. The zero-order chi connectivity index (χ0) is 13.0. The van der Waals surface area contributed by atoms with Crippen molar-refractivity contribution in [2.45, 2.75) is 13.8 Å². The number of nitrogens with zero attached hydrogens (tertiary/aromatic N) is 1. The Balaban J connectivity index is 1.94. The first kappa shape index (κ1) is 12.8. The lowest BCUT2D eigenvalue weighted by Gasteiger charge is -2.14. The van der Waals surface area contributed by atoms with Gasteiger partial charge in [0.1, 0.15) is 0 Å². The molecule has 1 aromatic rings. The van der Waals surface area contributed by atoms with Crippen molar-refractivity contribution in [2.24, 2.45) is 11.8 Å². The van der Waals surface area contributed by atoms with Crippen LogP contribution in [-0.2, 0) is 4.79 Å². The summed E-state index contributed by atoms with van der Waals surface area (Å²) in [4.78, 5) is 16.1. The van der Waals surface area contributed by atoms with Crippen LogP contribution in [0.5, 0.6) is 5.88 Å². The summed E-state index contributed by atoms with van der Waals surface area (Å²) in [6, 6.07) is 3.57. The standard InChI is InChI=1S/C13H19N3O2/c1-3-18-12-5-4-10(7-15-12)16-13(17)11-8-14-6-9(11)2/h4-5,7,9,11,14H,3,6,8H2,1-2H3,(H,16,17)/t9-,11-/m1/s1. The Morgan fingerprint density at radius 3 is 2.94 bits per heavy atom. The van der Waals surface area contributed by atoms with E-state index in [1.54, 1.807) is 12.3 Å². The van der Waals surface area contributed by atoms with Crippen LogP contribution in [0, 0.1) is 11.8 Å². The molecule has 2 atom stereocenters. The van der Waals surface area contributed by atoms with Crippen molar-refractivity contribution in [1.82, 2.24) is 10.3 Å². The van der Waals surface area contributed by atoms with E-state index in [-0.39, 0.29) is 11.8 Å². The third-order valence-electron chi connectivity index (χ3n) is 3.15. The van der Waals surface area contributed by atoms with E-state index in [9.17, 15) is 4.79 Å². The van der Waals surface area contributed by atoms with Crippen LogP contribution in [0.25, 0.3) is 0 Å². The lowest BCUT2D eigenvalue weighted by Crippen LogP contribution is -2.27. The van der Waals surface area contributed by atoms with Gasteiger partial charge in [0.15, 0.2) is 0 Å². The van der Waals surface area contributed by atoms with E-state index in [2.05, 4.69) is 22.5 Å². The summed E-state index contributed by atoms with van der Waals surface area (Å²) in [6.45, 7) is 6.23. The van der Waals surface area contributed by atoms with E-state index >= 15 is 0 Å². The van der Waals surface area contributed by atoms with Crippen LogP contribution in [0.3, 0.4) is 0 Å². The van der Waals surface area contributed by atoms with Crippen molar-refractivity contribution in [3.63, 3.8) is 0 Å². The molecule has 5 heteroatoms. The summed E-state index contributed by atoms with van der Waals surface area (Å²) < 4.78 is 5.25. The number of amides is 1. The predicted octanol–water partition coefficient (Wildman–Crippen LogP) is 1.27. The number of nitrogens with one attached hydrogen (secondary N) is 2. The molecule has 0 saturated carbocycles. The lowest BCUT2D eigenvalue weighted by molar-refractivity contribution is -0.120. The number of aromatic nitrogens is 1. The van der Waals surface area contributed by atoms with Crippen LogP contribution < -0.4 is 15.4 Å². The van der Waals surface area contributed by atoms with E-state index in [1.807, 2.05) is 13.0 Å². The fourth-order valence-corrected chi connectivity index (χ4v) is 2.08. The second-order valence-electron chi connectivity index (χ2n) is 4.55. The number of ether oxygens (including phenoxy) is 1. The average Bonchev–Trinajstić information content (AvgIpc) is 2.78. The highest BCUT2D eigenvalue weighted by Crippen LogP contribution is 2.19. The van der Waals surface area contributed by atoms with Gasteiger partial charge in [-0.1, -0.05) is 6.92 Å². The maximum Gasteiger partial charge on any atom is 0.229 e. The number of rotatable bonds is 4. The second-order valence-corrected chi connectivity index (χ2v) is 4.55. The molecule has 0 bridgehead atoms. The second kappa shape index (κ2) is 5.82. The van der Waals surface area contributed by atoms with Gasteiger partial charge < -0.3 is 15.4 Å². The van der Waals surface area contributed by atoms with E-state index in [1.165, 1.54) is 0 Å². The number of pyridine rings is 1. The first-order chi connectivity index (χ1) is 8.70. The van der Waals surface area contributed by atoms with E-state index in [4.69, 9.17) is 4.74 Å². The zero-order valence-corrected chi connectivity index (χ0v) is 10.8. The van der Waals surface area contributed by atoms with Crippen LogP contribution in [0.2, 0.25) is 0 Å². The third-order valence-corrected chi connectivity index (χ3v) is 3.15. The average molecular weight is 249 g/mol. The fourth-order valence-electron chi connectivity index (χ4n) is 2.08. The molecule has 0 aromatic carbocycles. The van der Waals surface area contributed by atoms with Gasteiger partial charge in [-0.15, -0.1) is 0 Å². The van der Waals surface area contributed by atoms with Gasteiger partial charge >= 0.3 is 0 Å². The molecule has 0 radical (unpaired) electrons. The molecule has 1 aliphatic heterocycles. The Kier molecular flexibility index (Phi) is 4.15. The number of carbonyl (C=O) groups excluding carboxylic acids is 1. The van der Waals surface area contributed by atoms with Crippen molar-refractivity contribution in [1.29, 1.82) is 0 Å². The molecule has 18 heavy (non-hydrogen) atoms. The highest BCUT2D eigenvalue weighted by Gasteiger charge is 2.29. The molecule has 2 N–H and O–H groups in total. The Hall–Kier alpha value is -1.62. The van der Waals surface area contributed by atoms with Crippen LogP contribution in [-0.4, -0.2) is 30.6 Å². The lowest BCUT2D eigenvalue weighted by atomic mass is 9.97. The normalized spacial score (nSPS) is 22.8. The molecule has 0 aliphatic carbocycles. The maximum atomic E-state index is 12.0. The van der Waals surface area contributed by atoms with Crippen molar-refractivity contribution >= 4 is 11.6 Å². The molecule has 2 rings (SSSR count). The van der Waals surface area contributed by atoms with Crippen molar-refractivity contribution < 1.29 is 9.53 Å². The SMILES string of the molecule is CCOc1ccc(NC(=O)[C@@H]2CNC[C@H]2C)cn1. The van der Waals surface area contributed by atoms with Crippen LogP contribution in [0.4, 0.5) is 5.69 Å². The summed E-state index contributed by atoms with van der Waals surface area (Å²) in [5, 5.41) is 6.10. The van der Waals surface area contributed by atoms with Crippen LogP contribution in [0.1, 0.15) is 13.8 Å². The maximum absolute atomic E-state index is 12.0. The number of hydrogen-bond donors (Lipinski definition) is 2. The highest BCUT2D eigenvalue weighted by molar-refractivity contribution is 5.92. The number of anilines is 1. The molecule has 98 valence electrons. The molecule has 1 amide bonds. The smallest absolute Gasteiger partial charge is 0.229 e. The molecule has 0 spiro atoms. The molecule has 1 fully saturated rings. The topological polar surface area (TPSA) is 63.2 Å². The molecule has 1 saturated heterocycles. The van der Waals surface area contributed by atoms with Gasteiger partial charge in [0.25, 0.3) is 0 Å². The Bertz CT molecular complexity index is 405. The summed E-state index contributed by atoms with van der Waals surface area (Å²) in [5.41, 5.74) is 0.711. The monoisotopic (exact) mass is 249 g/mol. The van der Waals surface area contributed by atoms with Gasteiger partial charge in [-0.25, -0.2) is 4.98 Å². The van der Waals surface area contributed by atoms with E-state index < -0.39 is 0 Å². The largest absolute Gasteiger partial charge is 0.478 e. The molecular weight excluding hydrogens is 230 g/mol. The van der Waals surface area contributed by atoms with Crippen LogP contribution in [0.15, 0.2) is 18.3 Å². The fraction of sp³-hybridized carbons (Fsp3) is 0.538. The summed E-state index contributed by atoms with van der Waals surface area (Å²) in [6.07, 6.45) is 1.62. The molecular formula is C13H19N3O2. The summed E-state index contributed by atoms with van der Waals surface area (Å²) >= 11 is 0. The van der Waals surface area contributed by atoms with E-state index in [0.717, 1.165) is 13.1 Å². The number of carbonyl (C=O) groups is 1. The van der Waals surface area contributed by atoms with Gasteiger partial charge in [-0.3, -0.25) is 4.79 Å². The van der Waals surface area contributed by atoms with Gasteiger partial charge in [-0.2, -0.15) is 0 Å². The van der Waals surface area contributed by atoms with Crippen molar-refractivity contribution in [3.8, 4) is 5.88 Å². The third kappa shape index (κ3) is 2.98. The van der Waals surface area contributed by atoms with Gasteiger partial charge in [0.05, 0.1) is 24.4 Å². The number of hydrogen-bond acceptors (Lipinski definition) is 4. The summed E-state index contributed by atoms with van der Waals surface area (Å²) in [7, 11) is 0. The molecule has 5 nitrogen and oxygen atoms in total. The molecule has 2 heterocycles. The first-order valence-electron chi connectivity index (χ1n) is 6.31. The molecule has 1 aliphatic rings. The van der Waals surface area contributed by atoms with Crippen molar-refractivity contribution in [2.75, 3.05) is 25.0 Å². The summed E-state index contributed by atoms with van der Waals surface area (Å²) in [5.74, 6) is 1.04. The van der Waals surface area contributed by atoms with Gasteiger partial charge in [0, 0.05) is 12.6 Å². The Labute approximate surface area is 107 Å². The van der Waals surface area contributed by atoms with Gasteiger partial charge in [0.2, 0.25) is 11.8 Å². The minimum Gasteiger partial charge on any atom is -0.478 e. The molecule has 1 aromatic heterocycles. The van der Waals surface area contributed by atoms with Crippen molar-refractivity contribution in [3.05, 3.63) is 18.3 Å².